The van der Waals surface area contributed by atoms with E-state index in [-0.39, 0.29) is 6.04 Å². The summed E-state index contributed by atoms with van der Waals surface area (Å²) in [4.78, 5) is 4.47. The summed E-state index contributed by atoms with van der Waals surface area (Å²) < 4.78 is 0. The highest BCUT2D eigenvalue weighted by molar-refractivity contribution is 5.27. The van der Waals surface area contributed by atoms with E-state index < -0.39 is 0 Å². The first-order valence-electron chi connectivity index (χ1n) is 6.46. The lowest BCUT2D eigenvalue weighted by molar-refractivity contribution is 0.507. The van der Waals surface area contributed by atoms with Crippen molar-refractivity contribution >= 4 is 0 Å². The first-order chi connectivity index (χ1) is 8.77. The van der Waals surface area contributed by atoms with Gasteiger partial charge in [0.05, 0.1) is 11.7 Å². The van der Waals surface area contributed by atoms with Crippen LogP contribution in [0.25, 0.3) is 0 Å². The SMILES string of the molecule is CC(C)CNC(c1ccccc1)c1ccccn1. The lowest BCUT2D eigenvalue weighted by atomic mass is 10.0. The van der Waals surface area contributed by atoms with Crippen LogP contribution < -0.4 is 5.32 Å². The molecule has 0 saturated heterocycles. The highest BCUT2D eigenvalue weighted by atomic mass is 14.9. The molecule has 1 unspecified atom stereocenters. The second kappa shape index (κ2) is 6.31. The topological polar surface area (TPSA) is 24.9 Å². The lowest BCUT2D eigenvalue weighted by Crippen LogP contribution is -2.26. The minimum absolute atomic E-state index is 0.176. The summed E-state index contributed by atoms with van der Waals surface area (Å²) in [5.74, 6) is 0.625. The molecular weight excluding hydrogens is 220 g/mol. The van der Waals surface area contributed by atoms with Crippen molar-refractivity contribution < 1.29 is 0 Å². The first kappa shape index (κ1) is 12.8. The minimum Gasteiger partial charge on any atom is -0.305 e. The number of nitrogens with zero attached hydrogens (tertiary/aromatic N) is 1. The third-order valence-electron chi connectivity index (χ3n) is 2.85. The van der Waals surface area contributed by atoms with Crippen LogP contribution in [0.4, 0.5) is 0 Å². The van der Waals surface area contributed by atoms with Crippen LogP contribution in [0.1, 0.15) is 31.1 Å². The zero-order valence-electron chi connectivity index (χ0n) is 11.0. The number of hydrogen-bond acceptors (Lipinski definition) is 2. The van der Waals surface area contributed by atoms with Gasteiger partial charge in [-0.05, 0) is 30.2 Å². The van der Waals surface area contributed by atoms with Crippen LogP contribution in [0, 0.1) is 5.92 Å². The Labute approximate surface area is 109 Å². The predicted octanol–water partition coefficient (Wildman–Crippen LogP) is 3.42. The summed E-state index contributed by atoms with van der Waals surface area (Å²) in [7, 11) is 0. The van der Waals surface area contributed by atoms with Crippen LogP contribution in [0.5, 0.6) is 0 Å². The summed E-state index contributed by atoms with van der Waals surface area (Å²) in [5.41, 5.74) is 2.33. The fourth-order valence-corrected chi connectivity index (χ4v) is 1.94. The predicted molar refractivity (Wildman–Crippen MR) is 75.4 cm³/mol. The Morgan fingerprint density at radius 2 is 1.72 bits per heavy atom. The Kier molecular flexibility index (Phi) is 4.48. The molecule has 1 N–H and O–H groups in total. The van der Waals surface area contributed by atoms with Gasteiger partial charge in [0.15, 0.2) is 0 Å². The van der Waals surface area contributed by atoms with Gasteiger partial charge in [-0.15, -0.1) is 0 Å². The zero-order chi connectivity index (χ0) is 12.8. The molecule has 2 nitrogen and oxygen atoms in total. The summed E-state index contributed by atoms with van der Waals surface area (Å²) >= 11 is 0. The molecule has 2 rings (SSSR count). The van der Waals surface area contributed by atoms with Crippen LogP contribution in [0.3, 0.4) is 0 Å². The van der Waals surface area contributed by atoms with Crippen molar-refractivity contribution in [2.45, 2.75) is 19.9 Å². The molecule has 94 valence electrons. The van der Waals surface area contributed by atoms with Crippen molar-refractivity contribution in [3.05, 3.63) is 66.0 Å². The zero-order valence-corrected chi connectivity index (χ0v) is 11.0. The molecule has 1 heterocycles. The average Bonchev–Trinajstić information content (AvgIpc) is 2.41. The van der Waals surface area contributed by atoms with E-state index in [0.717, 1.165) is 12.2 Å². The van der Waals surface area contributed by atoms with Crippen molar-refractivity contribution in [2.75, 3.05) is 6.54 Å². The fourth-order valence-electron chi connectivity index (χ4n) is 1.94. The summed E-state index contributed by atoms with van der Waals surface area (Å²) in [5, 5.41) is 3.59. The number of hydrogen-bond donors (Lipinski definition) is 1. The maximum Gasteiger partial charge on any atom is 0.0751 e. The van der Waals surface area contributed by atoms with E-state index in [4.69, 9.17) is 0 Å². The van der Waals surface area contributed by atoms with Crippen LogP contribution in [-0.2, 0) is 0 Å². The maximum atomic E-state index is 4.47. The molecule has 18 heavy (non-hydrogen) atoms. The van der Waals surface area contributed by atoms with Crippen molar-refractivity contribution in [3.63, 3.8) is 0 Å². The van der Waals surface area contributed by atoms with Gasteiger partial charge in [-0.3, -0.25) is 4.98 Å². The summed E-state index contributed by atoms with van der Waals surface area (Å²) in [6, 6.07) is 16.7. The van der Waals surface area contributed by atoms with Crippen molar-refractivity contribution in [3.8, 4) is 0 Å². The molecule has 1 aromatic carbocycles. The molecule has 0 aliphatic rings. The van der Waals surface area contributed by atoms with E-state index in [9.17, 15) is 0 Å². The molecule has 0 amide bonds. The molecule has 2 aromatic rings. The molecule has 0 bridgehead atoms. The Morgan fingerprint density at radius 3 is 2.33 bits per heavy atom. The van der Waals surface area contributed by atoms with Crippen LogP contribution >= 0.6 is 0 Å². The Hall–Kier alpha value is -1.67. The van der Waals surface area contributed by atoms with E-state index in [2.05, 4.69) is 54.5 Å². The van der Waals surface area contributed by atoms with Gasteiger partial charge in [0.25, 0.3) is 0 Å². The highest BCUT2D eigenvalue weighted by Gasteiger charge is 2.14. The summed E-state index contributed by atoms with van der Waals surface area (Å²) in [6.07, 6.45) is 1.85. The fraction of sp³-hybridized carbons (Fsp3) is 0.312. The van der Waals surface area contributed by atoms with Crippen molar-refractivity contribution in [2.24, 2.45) is 5.92 Å². The van der Waals surface area contributed by atoms with Crippen LogP contribution in [0.15, 0.2) is 54.7 Å². The molecule has 0 fully saturated rings. The lowest BCUT2D eigenvalue weighted by Gasteiger charge is -2.20. The van der Waals surface area contributed by atoms with Gasteiger partial charge in [-0.2, -0.15) is 0 Å². The van der Waals surface area contributed by atoms with E-state index >= 15 is 0 Å². The minimum atomic E-state index is 0.176. The quantitative estimate of drug-likeness (QED) is 0.866. The molecule has 2 heteroatoms. The van der Waals surface area contributed by atoms with Gasteiger partial charge >= 0.3 is 0 Å². The number of pyridine rings is 1. The molecule has 0 saturated carbocycles. The molecule has 0 spiro atoms. The second-order valence-electron chi connectivity index (χ2n) is 4.90. The standard InChI is InChI=1S/C16H20N2/c1-13(2)12-18-16(14-8-4-3-5-9-14)15-10-6-7-11-17-15/h3-11,13,16,18H,12H2,1-2H3. The molecular formula is C16H20N2. The van der Waals surface area contributed by atoms with Gasteiger partial charge in [-0.25, -0.2) is 0 Å². The Bertz CT molecular complexity index is 412. The Morgan fingerprint density at radius 1 is 1.00 bits per heavy atom. The number of benzene rings is 1. The normalized spacial score (nSPS) is 12.6. The number of aromatic nitrogens is 1. The van der Waals surface area contributed by atoms with Crippen LogP contribution in [0.2, 0.25) is 0 Å². The second-order valence-corrected chi connectivity index (χ2v) is 4.90. The van der Waals surface area contributed by atoms with Gasteiger partial charge in [0, 0.05) is 6.20 Å². The van der Waals surface area contributed by atoms with Crippen LogP contribution in [-0.4, -0.2) is 11.5 Å². The number of nitrogens with one attached hydrogen (secondary N) is 1. The highest BCUT2D eigenvalue weighted by Crippen LogP contribution is 2.19. The summed E-state index contributed by atoms with van der Waals surface area (Å²) in [6.45, 7) is 5.41. The molecule has 1 atom stereocenters. The van der Waals surface area contributed by atoms with Gasteiger partial charge in [-0.1, -0.05) is 50.2 Å². The largest absolute Gasteiger partial charge is 0.305 e. The van der Waals surface area contributed by atoms with Gasteiger partial charge in [0.1, 0.15) is 0 Å². The molecule has 1 aromatic heterocycles. The van der Waals surface area contributed by atoms with Gasteiger partial charge in [0.2, 0.25) is 0 Å². The van der Waals surface area contributed by atoms with Gasteiger partial charge < -0.3 is 5.32 Å². The third-order valence-corrected chi connectivity index (χ3v) is 2.85. The van der Waals surface area contributed by atoms with E-state index in [1.54, 1.807) is 0 Å². The van der Waals surface area contributed by atoms with E-state index in [1.807, 2.05) is 24.4 Å². The smallest absolute Gasteiger partial charge is 0.0751 e. The Balaban J connectivity index is 2.24. The monoisotopic (exact) mass is 240 g/mol. The molecule has 0 radical (unpaired) electrons. The molecule has 0 aliphatic carbocycles. The van der Waals surface area contributed by atoms with E-state index in [1.165, 1.54) is 5.56 Å². The number of rotatable bonds is 5. The van der Waals surface area contributed by atoms with Crippen molar-refractivity contribution in [1.29, 1.82) is 0 Å². The van der Waals surface area contributed by atoms with E-state index in [0.29, 0.717) is 5.92 Å². The molecule has 0 aliphatic heterocycles. The maximum absolute atomic E-state index is 4.47. The average molecular weight is 240 g/mol. The van der Waals surface area contributed by atoms with Crippen molar-refractivity contribution in [1.82, 2.24) is 10.3 Å². The third kappa shape index (κ3) is 3.41. The first-order valence-corrected chi connectivity index (χ1v) is 6.46.